The highest BCUT2D eigenvalue weighted by Gasteiger charge is 2.22. The van der Waals surface area contributed by atoms with Gasteiger partial charge in [-0.2, -0.15) is 0 Å². The van der Waals surface area contributed by atoms with Crippen LogP contribution in [0.15, 0.2) is 40.9 Å². The monoisotopic (exact) mass is 393 g/mol. The molecule has 0 aliphatic carbocycles. The lowest BCUT2D eigenvalue weighted by Crippen LogP contribution is -2.16. The fourth-order valence-electron chi connectivity index (χ4n) is 2.94. The molecular weight excluding hydrogens is 376 g/mol. The van der Waals surface area contributed by atoms with Crippen molar-refractivity contribution in [3.63, 3.8) is 0 Å². The lowest BCUT2D eigenvalue weighted by molar-refractivity contribution is 0.0953. The fraction of sp³-hybridized carbons (Fsp3) is 0.333. The molecule has 4 nitrogen and oxygen atoms in total. The quantitative estimate of drug-likeness (QED) is 0.567. The Morgan fingerprint density at radius 2 is 2.15 bits per heavy atom. The van der Waals surface area contributed by atoms with Crippen LogP contribution in [-0.2, 0) is 17.0 Å². The van der Waals surface area contributed by atoms with Crippen LogP contribution in [0, 0.1) is 11.6 Å². The fourth-order valence-corrected chi connectivity index (χ4v) is 4.58. The topological polar surface area (TPSA) is 39.9 Å². The molecule has 0 amide bonds. The molecule has 26 heavy (non-hydrogen) atoms. The molecule has 1 fully saturated rings. The SMILES string of the molecule is Fc1cccc(CSc2nnc(-c3cccs3)n2CC2CCCO2)c1F. The minimum atomic E-state index is -0.830. The molecular formula is C18H17F2N3OS2. The van der Waals surface area contributed by atoms with Gasteiger partial charge in [0.15, 0.2) is 22.6 Å². The maximum atomic E-state index is 13.9. The summed E-state index contributed by atoms with van der Waals surface area (Å²) in [6, 6.07) is 8.20. The largest absolute Gasteiger partial charge is 0.376 e. The van der Waals surface area contributed by atoms with Gasteiger partial charge in [0.25, 0.3) is 0 Å². The maximum absolute atomic E-state index is 13.9. The molecule has 3 aromatic rings. The average Bonchev–Trinajstić information content (AvgIpc) is 3.38. The Kier molecular flexibility index (Phi) is 5.33. The van der Waals surface area contributed by atoms with Crippen molar-refractivity contribution in [1.82, 2.24) is 14.8 Å². The normalized spacial score (nSPS) is 17.1. The van der Waals surface area contributed by atoms with Gasteiger partial charge in [-0.1, -0.05) is 30.0 Å². The molecule has 1 unspecified atom stereocenters. The molecule has 8 heteroatoms. The van der Waals surface area contributed by atoms with Crippen molar-refractivity contribution in [2.75, 3.05) is 6.61 Å². The summed E-state index contributed by atoms with van der Waals surface area (Å²) in [7, 11) is 0. The van der Waals surface area contributed by atoms with Crippen molar-refractivity contribution in [1.29, 1.82) is 0 Å². The van der Waals surface area contributed by atoms with E-state index in [0.717, 1.165) is 36.2 Å². The summed E-state index contributed by atoms with van der Waals surface area (Å²) < 4.78 is 35.1. The third-order valence-electron chi connectivity index (χ3n) is 4.26. The van der Waals surface area contributed by atoms with Crippen LogP contribution in [0.25, 0.3) is 10.7 Å². The van der Waals surface area contributed by atoms with Crippen molar-refractivity contribution in [3.05, 3.63) is 52.9 Å². The van der Waals surface area contributed by atoms with E-state index in [1.54, 1.807) is 17.4 Å². The first-order valence-electron chi connectivity index (χ1n) is 8.37. The number of nitrogens with zero attached hydrogens (tertiary/aromatic N) is 3. The molecule has 136 valence electrons. The van der Waals surface area contributed by atoms with E-state index in [2.05, 4.69) is 10.2 Å². The first-order chi connectivity index (χ1) is 12.7. The smallest absolute Gasteiger partial charge is 0.191 e. The van der Waals surface area contributed by atoms with Gasteiger partial charge in [0, 0.05) is 17.9 Å². The Labute approximate surface area is 158 Å². The average molecular weight is 393 g/mol. The molecule has 2 aromatic heterocycles. The van der Waals surface area contributed by atoms with Crippen molar-refractivity contribution in [2.45, 2.75) is 36.4 Å². The molecule has 1 saturated heterocycles. The van der Waals surface area contributed by atoms with Gasteiger partial charge in [-0.15, -0.1) is 21.5 Å². The molecule has 1 aromatic carbocycles. The van der Waals surface area contributed by atoms with Crippen LogP contribution in [0.2, 0.25) is 0 Å². The molecule has 0 saturated carbocycles. The van der Waals surface area contributed by atoms with E-state index in [-0.39, 0.29) is 11.9 Å². The number of thiophene rings is 1. The number of rotatable bonds is 6. The van der Waals surface area contributed by atoms with Gasteiger partial charge in [0.05, 0.1) is 17.5 Å². The van der Waals surface area contributed by atoms with Crippen molar-refractivity contribution < 1.29 is 13.5 Å². The number of hydrogen-bond donors (Lipinski definition) is 0. The summed E-state index contributed by atoms with van der Waals surface area (Å²) in [5.74, 6) is -0.554. The van der Waals surface area contributed by atoms with Gasteiger partial charge in [-0.05, 0) is 30.4 Å². The van der Waals surface area contributed by atoms with E-state index < -0.39 is 11.6 Å². The summed E-state index contributed by atoms with van der Waals surface area (Å²) in [6.45, 7) is 1.44. The van der Waals surface area contributed by atoms with Crippen molar-refractivity contribution >= 4 is 23.1 Å². The van der Waals surface area contributed by atoms with Gasteiger partial charge in [-0.25, -0.2) is 8.78 Å². The Morgan fingerprint density at radius 3 is 2.92 bits per heavy atom. The molecule has 1 atom stereocenters. The van der Waals surface area contributed by atoms with E-state index in [4.69, 9.17) is 4.74 Å². The van der Waals surface area contributed by atoms with Crippen LogP contribution in [0.3, 0.4) is 0 Å². The minimum absolute atomic E-state index is 0.134. The Bertz CT molecular complexity index is 877. The van der Waals surface area contributed by atoms with Crippen LogP contribution in [0.4, 0.5) is 8.78 Å². The number of hydrogen-bond acceptors (Lipinski definition) is 5. The number of ether oxygens (including phenoxy) is 1. The van der Waals surface area contributed by atoms with E-state index in [1.807, 2.05) is 22.1 Å². The van der Waals surface area contributed by atoms with Crippen LogP contribution in [0.1, 0.15) is 18.4 Å². The van der Waals surface area contributed by atoms with Crippen molar-refractivity contribution in [3.8, 4) is 10.7 Å². The highest BCUT2D eigenvalue weighted by atomic mass is 32.2. The summed E-state index contributed by atoms with van der Waals surface area (Å²) in [5.41, 5.74) is 0.319. The predicted octanol–water partition coefficient (Wildman–Crippen LogP) is 4.76. The van der Waals surface area contributed by atoms with Gasteiger partial charge in [0.2, 0.25) is 0 Å². The van der Waals surface area contributed by atoms with Gasteiger partial charge >= 0.3 is 0 Å². The van der Waals surface area contributed by atoms with E-state index in [0.29, 0.717) is 17.3 Å². The molecule has 4 rings (SSSR count). The molecule has 0 radical (unpaired) electrons. The predicted molar refractivity (Wildman–Crippen MR) is 98.2 cm³/mol. The first kappa shape index (κ1) is 17.6. The number of halogens is 2. The van der Waals surface area contributed by atoms with E-state index in [9.17, 15) is 8.78 Å². The molecule has 1 aliphatic heterocycles. The lowest BCUT2D eigenvalue weighted by atomic mass is 10.2. The Hall–Kier alpha value is -1.77. The molecule has 0 spiro atoms. The van der Waals surface area contributed by atoms with E-state index >= 15 is 0 Å². The van der Waals surface area contributed by atoms with Gasteiger partial charge < -0.3 is 4.74 Å². The minimum Gasteiger partial charge on any atom is -0.376 e. The Balaban J connectivity index is 1.59. The zero-order valence-corrected chi connectivity index (χ0v) is 15.5. The molecule has 1 aliphatic rings. The first-order valence-corrected chi connectivity index (χ1v) is 10.2. The number of thioether (sulfide) groups is 1. The molecule has 0 N–H and O–H groups in total. The van der Waals surface area contributed by atoms with Crippen molar-refractivity contribution in [2.24, 2.45) is 0 Å². The summed E-state index contributed by atoms with van der Waals surface area (Å²) in [4.78, 5) is 1.03. The van der Waals surface area contributed by atoms with Crippen LogP contribution in [0.5, 0.6) is 0 Å². The summed E-state index contributed by atoms with van der Waals surface area (Å²) >= 11 is 2.95. The second-order valence-electron chi connectivity index (χ2n) is 6.03. The second-order valence-corrected chi connectivity index (χ2v) is 7.92. The summed E-state index contributed by atoms with van der Waals surface area (Å²) in [6.07, 6.45) is 2.19. The zero-order valence-electron chi connectivity index (χ0n) is 13.9. The van der Waals surface area contributed by atoms with Crippen LogP contribution in [-0.4, -0.2) is 27.5 Å². The maximum Gasteiger partial charge on any atom is 0.191 e. The van der Waals surface area contributed by atoms with E-state index in [1.165, 1.54) is 17.8 Å². The second kappa shape index (κ2) is 7.85. The molecule has 0 bridgehead atoms. The standard InChI is InChI=1S/C18H17F2N3OS2/c19-14-6-1-4-12(16(14)20)11-26-18-22-21-17(15-7-3-9-25-15)23(18)10-13-5-2-8-24-13/h1,3-4,6-7,9,13H,2,5,8,10-11H2. The van der Waals surface area contributed by atoms with Crippen LogP contribution >= 0.6 is 23.1 Å². The Morgan fingerprint density at radius 1 is 1.23 bits per heavy atom. The number of benzene rings is 1. The third kappa shape index (κ3) is 3.67. The highest BCUT2D eigenvalue weighted by Crippen LogP contribution is 2.31. The lowest BCUT2D eigenvalue weighted by Gasteiger charge is -2.14. The zero-order chi connectivity index (χ0) is 17.9. The number of aromatic nitrogens is 3. The summed E-state index contributed by atoms with van der Waals surface area (Å²) in [5, 5.41) is 11.3. The van der Waals surface area contributed by atoms with Crippen LogP contribution < -0.4 is 0 Å². The highest BCUT2D eigenvalue weighted by molar-refractivity contribution is 7.98. The van der Waals surface area contributed by atoms with Gasteiger partial charge in [-0.3, -0.25) is 4.57 Å². The molecule has 3 heterocycles. The van der Waals surface area contributed by atoms with Gasteiger partial charge in [0.1, 0.15) is 0 Å². The third-order valence-corrected chi connectivity index (χ3v) is 6.14.